The quantitative estimate of drug-likeness (QED) is 0.921. The minimum atomic E-state index is -0.614. The lowest BCUT2D eigenvalue weighted by Crippen LogP contribution is -2.35. The molecule has 0 saturated heterocycles. The summed E-state index contributed by atoms with van der Waals surface area (Å²) < 4.78 is 5.54. The molecular formula is C15H15ClN2O2. The topological polar surface area (TPSA) is 51.2 Å². The van der Waals surface area contributed by atoms with E-state index in [0.717, 1.165) is 5.56 Å². The van der Waals surface area contributed by atoms with Crippen LogP contribution in [0.25, 0.3) is 0 Å². The molecule has 0 radical (unpaired) electrons. The van der Waals surface area contributed by atoms with Crippen LogP contribution < -0.4 is 10.1 Å². The molecule has 0 unspecified atom stereocenters. The second kappa shape index (κ2) is 6.91. The van der Waals surface area contributed by atoms with E-state index in [0.29, 0.717) is 17.3 Å². The summed E-state index contributed by atoms with van der Waals surface area (Å²) in [4.78, 5) is 15.9. The van der Waals surface area contributed by atoms with Crippen LogP contribution in [0.3, 0.4) is 0 Å². The van der Waals surface area contributed by atoms with Crippen molar-refractivity contribution in [2.75, 3.05) is 0 Å². The number of ether oxygens (including phenoxy) is 1. The van der Waals surface area contributed by atoms with Crippen molar-refractivity contribution in [1.29, 1.82) is 0 Å². The molecule has 1 amide bonds. The summed E-state index contributed by atoms with van der Waals surface area (Å²) in [6.07, 6.45) is 2.76. The van der Waals surface area contributed by atoms with Gasteiger partial charge >= 0.3 is 0 Å². The molecule has 1 heterocycles. The van der Waals surface area contributed by atoms with Crippen molar-refractivity contribution in [2.45, 2.75) is 19.6 Å². The summed E-state index contributed by atoms with van der Waals surface area (Å²) in [6, 6.07) is 10.8. The molecule has 2 rings (SSSR count). The van der Waals surface area contributed by atoms with Gasteiger partial charge in [0.1, 0.15) is 5.75 Å². The summed E-state index contributed by atoms with van der Waals surface area (Å²) >= 11 is 5.98. The maximum Gasteiger partial charge on any atom is 0.261 e. The zero-order valence-corrected chi connectivity index (χ0v) is 11.8. The Morgan fingerprint density at radius 1 is 1.30 bits per heavy atom. The van der Waals surface area contributed by atoms with Crippen molar-refractivity contribution >= 4 is 17.5 Å². The fourth-order valence-corrected chi connectivity index (χ4v) is 1.80. The lowest BCUT2D eigenvalue weighted by atomic mass is 10.2. The minimum absolute atomic E-state index is 0.193. The van der Waals surface area contributed by atoms with Crippen LogP contribution in [-0.4, -0.2) is 17.0 Å². The van der Waals surface area contributed by atoms with E-state index in [2.05, 4.69) is 10.3 Å². The normalized spacial score (nSPS) is 11.7. The van der Waals surface area contributed by atoms with Crippen molar-refractivity contribution < 1.29 is 9.53 Å². The average molecular weight is 291 g/mol. The number of nitrogens with one attached hydrogen (secondary N) is 1. The molecule has 0 fully saturated rings. The number of rotatable bonds is 5. The Bertz CT molecular complexity index is 575. The van der Waals surface area contributed by atoms with Crippen LogP contribution in [0.2, 0.25) is 5.02 Å². The third kappa shape index (κ3) is 3.96. The molecule has 1 N–H and O–H groups in total. The van der Waals surface area contributed by atoms with Crippen LogP contribution in [0, 0.1) is 0 Å². The standard InChI is InChI=1S/C15H15ClN2O2/c1-11(20-14-5-3-2-4-13(14)16)15(19)18-10-12-6-8-17-9-7-12/h2-9,11H,10H2,1H3,(H,18,19)/t11-/m0/s1. The van der Waals surface area contributed by atoms with E-state index in [1.165, 1.54) is 0 Å². The van der Waals surface area contributed by atoms with Crippen molar-refractivity contribution in [1.82, 2.24) is 10.3 Å². The van der Waals surface area contributed by atoms with Gasteiger partial charge in [0.2, 0.25) is 0 Å². The molecule has 1 aromatic heterocycles. The molecule has 20 heavy (non-hydrogen) atoms. The first kappa shape index (κ1) is 14.3. The zero-order chi connectivity index (χ0) is 14.4. The SMILES string of the molecule is C[C@H](Oc1ccccc1Cl)C(=O)NCc1ccncc1. The van der Waals surface area contributed by atoms with Crippen LogP contribution in [0.4, 0.5) is 0 Å². The van der Waals surface area contributed by atoms with E-state index in [1.54, 1.807) is 31.5 Å². The van der Waals surface area contributed by atoms with E-state index in [4.69, 9.17) is 16.3 Å². The summed E-state index contributed by atoms with van der Waals surface area (Å²) in [7, 11) is 0. The summed E-state index contributed by atoms with van der Waals surface area (Å²) in [5, 5.41) is 3.29. The van der Waals surface area contributed by atoms with E-state index in [-0.39, 0.29) is 5.91 Å². The monoisotopic (exact) mass is 290 g/mol. The maximum atomic E-state index is 11.9. The lowest BCUT2D eigenvalue weighted by molar-refractivity contribution is -0.127. The predicted octanol–water partition coefficient (Wildman–Crippen LogP) is 2.82. The molecule has 0 spiro atoms. The number of pyridine rings is 1. The molecule has 0 aliphatic heterocycles. The number of aromatic nitrogens is 1. The molecule has 1 atom stereocenters. The maximum absolute atomic E-state index is 11.9. The molecule has 0 saturated carbocycles. The Labute approximate surface area is 122 Å². The summed E-state index contributed by atoms with van der Waals surface area (Å²) in [5.74, 6) is 0.308. The predicted molar refractivity (Wildman–Crippen MR) is 77.6 cm³/mol. The average Bonchev–Trinajstić information content (AvgIpc) is 2.48. The number of halogens is 1. The van der Waals surface area contributed by atoms with Crippen LogP contribution in [0.15, 0.2) is 48.8 Å². The second-order valence-corrected chi connectivity index (χ2v) is 4.67. The minimum Gasteiger partial charge on any atom is -0.479 e. The molecule has 4 nitrogen and oxygen atoms in total. The van der Waals surface area contributed by atoms with Gasteiger partial charge in [-0.3, -0.25) is 9.78 Å². The van der Waals surface area contributed by atoms with Gasteiger partial charge in [0.25, 0.3) is 5.91 Å². The Hall–Kier alpha value is -2.07. The third-order valence-electron chi connectivity index (χ3n) is 2.73. The number of carbonyl (C=O) groups is 1. The fraction of sp³-hybridized carbons (Fsp3) is 0.200. The first-order valence-corrected chi connectivity index (χ1v) is 6.62. The molecular weight excluding hydrogens is 276 g/mol. The number of carbonyl (C=O) groups excluding carboxylic acids is 1. The molecule has 104 valence electrons. The lowest BCUT2D eigenvalue weighted by Gasteiger charge is -2.15. The highest BCUT2D eigenvalue weighted by Gasteiger charge is 2.15. The van der Waals surface area contributed by atoms with Gasteiger partial charge in [-0.05, 0) is 36.8 Å². The third-order valence-corrected chi connectivity index (χ3v) is 3.04. The zero-order valence-electron chi connectivity index (χ0n) is 11.0. The number of hydrogen-bond donors (Lipinski definition) is 1. The van der Waals surface area contributed by atoms with Crippen molar-refractivity contribution in [3.05, 3.63) is 59.4 Å². The van der Waals surface area contributed by atoms with Gasteiger partial charge in [0.05, 0.1) is 5.02 Å². The Morgan fingerprint density at radius 2 is 2.00 bits per heavy atom. The number of para-hydroxylation sites is 1. The number of amides is 1. The highest BCUT2D eigenvalue weighted by molar-refractivity contribution is 6.32. The molecule has 0 aliphatic rings. The van der Waals surface area contributed by atoms with Gasteiger partial charge in [-0.1, -0.05) is 23.7 Å². The van der Waals surface area contributed by atoms with Crippen LogP contribution >= 0.6 is 11.6 Å². The summed E-state index contributed by atoms with van der Waals surface area (Å²) in [6.45, 7) is 2.13. The first-order chi connectivity index (χ1) is 9.66. The van der Waals surface area contributed by atoms with E-state index < -0.39 is 6.10 Å². The van der Waals surface area contributed by atoms with Crippen molar-refractivity contribution in [3.8, 4) is 5.75 Å². The summed E-state index contributed by atoms with van der Waals surface area (Å²) in [5.41, 5.74) is 0.985. The molecule has 0 aliphatic carbocycles. The van der Waals surface area contributed by atoms with Gasteiger partial charge < -0.3 is 10.1 Å². The molecule has 2 aromatic rings. The van der Waals surface area contributed by atoms with E-state index >= 15 is 0 Å². The van der Waals surface area contributed by atoms with Crippen molar-refractivity contribution in [3.63, 3.8) is 0 Å². The number of nitrogens with zero attached hydrogens (tertiary/aromatic N) is 1. The van der Waals surface area contributed by atoms with Crippen molar-refractivity contribution in [2.24, 2.45) is 0 Å². The van der Waals surface area contributed by atoms with E-state index in [9.17, 15) is 4.79 Å². The van der Waals surface area contributed by atoms with Gasteiger partial charge in [-0.25, -0.2) is 0 Å². The van der Waals surface area contributed by atoms with E-state index in [1.807, 2.05) is 24.3 Å². The number of benzene rings is 1. The smallest absolute Gasteiger partial charge is 0.261 e. The van der Waals surface area contributed by atoms with Crippen LogP contribution in [0.1, 0.15) is 12.5 Å². The Morgan fingerprint density at radius 3 is 2.70 bits per heavy atom. The highest BCUT2D eigenvalue weighted by atomic mass is 35.5. The van der Waals surface area contributed by atoms with Gasteiger partial charge in [0, 0.05) is 18.9 Å². The van der Waals surface area contributed by atoms with Gasteiger partial charge in [0.15, 0.2) is 6.10 Å². The fourth-order valence-electron chi connectivity index (χ4n) is 1.62. The Balaban J connectivity index is 1.88. The second-order valence-electron chi connectivity index (χ2n) is 4.26. The van der Waals surface area contributed by atoms with Crippen LogP contribution in [0.5, 0.6) is 5.75 Å². The Kier molecular flexibility index (Phi) is 4.96. The molecule has 5 heteroatoms. The number of hydrogen-bond acceptors (Lipinski definition) is 3. The first-order valence-electron chi connectivity index (χ1n) is 6.24. The molecule has 1 aromatic carbocycles. The van der Waals surface area contributed by atoms with Gasteiger partial charge in [-0.2, -0.15) is 0 Å². The largest absolute Gasteiger partial charge is 0.479 e. The highest BCUT2D eigenvalue weighted by Crippen LogP contribution is 2.24. The van der Waals surface area contributed by atoms with Gasteiger partial charge in [-0.15, -0.1) is 0 Å². The molecule has 0 bridgehead atoms. The van der Waals surface area contributed by atoms with Crippen LogP contribution in [-0.2, 0) is 11.3 Å².